The van der Waals surface area contributed by atoms with Crippen molar-refractivity contribution in [2.75, 3.05) is 7.11 Å². The number of rotatable bonds is 3. The summed E-state index contributed by atoms with van der Waals surface area (Å²) in [5.74, 6) is -0.215. The molecule has 5 nitrogen and oxygen atoms in total. The van der Waals surface area contributed by atoms with Crippen molar-refractivity contribution in [2.45, 2.75) is 6.92 Å². The fourth-order valence-corrected chi connectivity index (χ4v) is 2.33. The number of nitrogens with zero attached hydrogens (tertiary/aromatic N) is 3. The van der Waals surface area contributed by atoms with Crippen LogP contribution in [0.15, 0.2) is 41.6 Å². The summed E-state index contributed by atoms with van der Waals surface area (Å²) in [6.45, 7) is 1.85. The van der Waals surface area contributed by atoms with Gasteiger partial charge in [-0.15, -0.1) is 4.91 Å². The molecule has 0 atom stereocenters. The van der Waals surface area contributed by atoms with Gasteiger partial charge in [0.25, 0.3) is 0 Å². The van der Waals surface area contributed by atoms with Crippen LogP contribution in [0.3, 0.4) is 0 Å². The van der Waals surface area contributed by atoms with Crippen LogP contribution >= 0.6 is 0 Å². The smallest absolute Gasteiger partial charge is 0.209 e. The van der Waals surface area contributed by atoms with Crippen LogP contribution < -0.4 is 4.74 Å². The van der Waals surface area contributed by atoms with E-state index in [1.807, 2.05) is 19.1 Å². The van der Waals surface area contributed by atoms with Crippen molar-refractivity contribution in [1.82, 2.24) is 9.38 Å². The lowest BCUT2D eigenvalue weighted by molar-refractivity contribution is 0.386. The van der Waals surface area contributed by atoms with Crippen molar-refractivity contribution in [1.29, 1.82) is 0 Å². The Morgan fingerprint density at radius 2 is 2.10 bits per heavy atom. The van der Waals surface area contributed by atoms with Crippen LogP contribution in [0, 0.1) is 17.6 Å². The highest BCUT2D eigenvalue weighted by Crippen LogP contribution is 2.33. The van der Waals surface area contributed by atoms with Gasteiger partial charge in [0.1, 0.15) is 11.3 Å². The van der Waals surface area contributed by atoms with Gasteiger partial charge in [0.15, 0.2) is 11.6 Å². The van der Waals surface area contributed by atoms with Crippen LogP contribution in [0.25, 0.3) is 16.9 Å². The molecule has 0 fully saturated rings. The zero-order chi connectivity index (χ0) is 15.0. The second-order valence-corrected chi connectivity index (χ2v) is 4.59. The molecule has 3 aromatic rings. The standard InChI is InChI=1S/C15H12FN3O2/c1-9-4-3-5-13-17-14(15(18-20)19(9)13)10-6-7-12(21-2)11(16)8-10/h3-8H,1-2H3. The van der Waals surface area contributed by atoms with E-state index in [-0.39, 0.29) is 11.6 Å². The highest BCUT2D eigenvalue weighted by molar-refractivity contribution is 5.75. The Morgan fingerprint density at radius 3 is 2.76 bits per heavy atom. The topological polar surface area (TPSA) is 56.0 Å². The number of hydrogen-bond acceptors (Lipinski definition) is 4. The Bertz CT molecular complexity index is 842. The monoisotopic (exact) mass is 285 g/mol. The molecule has 0 bridgehead atoms. The highest BCUT2D eigenvalue weighted by Gasteiger charge is 2.17. The van der Waals surface area contributed by atoms with Gasteiger partial charge in [0, 0.05) is 11.3 Å². The molecule has 0 unspecified atom stereocenters. The predicted molar refractivity (Wildman–Crippen MR) is 77.3 cm³/mol. The maximum Gasteiger partial charge on any atom is 0.209 e. The Balaban J connectivity index is 2.27. The van der Waals surface area contributed by atoms with Crippen molar-refractivity contribution in [3.8, 4) is 17.0 Å². The van der Waals surface area contributed by atoms with E-state index in [4.69, 9.17) is 4.74 Å². The molecule has 2 heterocycles. The number of aryl methyl sites for hydroxylation is 1. The summed E-state index contributed by atoms with van der Waals surface area (Å²) in [7, 11) is 1.39. The number of hydrogen-bond donors (Lipinski definition) is 0. The highest BCUT2D eigenvalue weighted by atomic mass is 19.1. The molecule has 0 saturated carbocycles. The van der Waals surface area contributed by atoms with Crippen LogP contribution in [0.1, 0.15) is 5.69 Å². The van der Waals surface area contributed by atoms with E-state index in [2.05, 4.69) is 10.2 Å². The average Bonchev–Trinajstić information content (AvgIpc) is 2.87. The molecular formula is C15H12FN3O2. The normalized spacial score (nSPS) is 10.8. The van der Waals surface area contributed by atoms with Gasteiger partial charge in [0.2, 0.25) is 5.82 Å². The fraction of sp³-hybridized carbons (Fsp3) is 0.133. The number of aromatic nitrogens is 2. The first-order valence-electron chi connectivity index (χ1n) is 6.31. The molecule has 0 N–H and O–H groups in total. The van der Waals surface area contributed by atoms with Crippen LogP contribution in [-0.4, -0.2) is 16.5 Å². The van der Waals surface area contributed by atoms with Crippen molar-refractivity contribution in [3.05, 3.63) is 52.8 Å². The number of fused-ring (bicyclic) bond motifs is 1. The molecule has 0 aliphatic rings. The lowest BCUT2D eigenvalue weighted by atomic mass is 10.1. The van der Waals surface area contributed by atoms with Gasteiger partial charge >= 0.3 is 0 Å². The zero-order valence-electron chi connectivity index (χ0n) is 11.5. The summed E-state index contributed by atoms with van der Waals surface area (Å²) in [6.07, 6.45) is 0. The minimum Gasteiger partial charge on any atom is -0.494 e. The van der Waals surface area contributed by atoms with Crippen molar-refractivity contribution >= 4 is 11.5 Å². The minimum atomic E-state index is -0.513. The van der Waals surface area contributed by atoms with Gasteiger partial charge in [-0.2, -0.15) is 0 Å². The first kappa shape index (κ1) is 13.2. The van der Waals surface area contributed by atoms with E-state index in [1.54, 1.807) is 16.5 Å². The first-order chi connectivity index (χ1) is 10.2. The SMILES string of the molecule is COc1ccc(-c2nc3cccc(C)n3c2N=O)cc1F. The van der Waals surface area contributed by atoms with Crippen molar-refractivity contribution in [2.24, 2.45) is 5.18 Å². The third-order valence-corrected chi connectivity index (χ3v) is 3.33. The van der Waals surface area contributed by atoms with Crippen molar-refractivity contribution in [3.63, 3.8) is 0 Å². The number of pyridine rings is 1. The number of methoxy groups -OCH3 is 1. The van der Waals surface area contributed by atoms with Crippen LogP contribution in [-0.2, 0) is 0 Å². The van der Waals surface area contributed by atoms with E-state index in [0.717, 1.165) is 5.69 Å². The largest absolute Gasteiger partial charge is 0.494 e. The van der Waals surface area contributed by atoms with Gasteiger partial charge in [-0.1, -0.05) is 6.07 Å². The molecular weight excluding hydrogens is 273 g/mol. The van der Waals surface area contributed by atoms with Gasteiger partial charge in [-0.25, -0.2) is 9.37 Å². The molecule has 106 valence electrons. The van der Waals surface area contributed by atoms with Gasteiger partial charge in [0.05, 0.1) is 7.11 Å². The van der Waals surface area contributed by atoms with Crippen molar-refractivity contribution < 1.29 is 9.13 Å². The molecule has 0 radical (unpaired) electrons. The van der Waals surface area contributed by atoms with E-state index in [0.29, 0.717) is 16.9 Å². The summed E-state index contributed by atoms with van der Waals surface area (Å²) in [5, 5.41) is 3.06. The van der Waals surface area contributed by atoms with E-state index < -0.39 is 5.82 Å². The third-order valence-electron chi connectivity index (χ3n) is 3.33. The second-order valence-electron chi connectivity index (χ2n) is 4.59. The number of halogens is 1. The third kappa shape index (κ3) is 2.05. The summed E-state index contributed by atoms with van der Waals surface area (Å²) in [4.78, 5) is 15.6. The lowest BCUT2D eigenvalue weighted by Gasteiger charge is -2.03. The average molecular weight is 285 g/mol. The Kier molecular flexibility index (Phi) is 3.13. The van der Waals surface area contributed by atoms with E-state index in [1.165, 1.54) is 19.2 Å². The molecule has 0 amide bonds. The molecule has 0 saturated heterocycles. The second kappa shape index (κ2) is 4.97. The van der Waals surface area contributed by atoms with Gasteiger partial charge in [-0.05, 0) is 42.4 Å². The molecule has 6 heteroatoms. The summed E-state index contributed by atoms with van der Waals surface area (Å²) in [6, 6.07) is 9.88. The van der Waals surface area contributed by atoms with Crippen LogP contribution in [0.2, 0.25) is 0 Å². The summed E-state index contributed by atoms with van der Waals surface area (Å²) in [5.41, 5.74) is 2.25. The van der Waals surface area contributed by atoms with Crippen LogP contribution in [0.4, 0.5) is 10.2 Å². The number of ether oxygens (including phenoxy) is 1. The Morgan fingerprint density at radius 1 is 1.29 bits per heavy atom. The molecule has 0 aliphatic heterocycles. The van der Waals surface area contributed by atoms with Crippen LogP contribution in [0.5, 0.6) is 5.75 Å². The fourth-order valence-electron chi connectivity index (χ4n) is 2.33. The van der Waals surface area contributed by atoms with E-state index >= 15 is 0 Å². The lowest BCUT2D eigenvalue weighted by Crippen LogP contribution is -1.90. The van der Waals surface area contributed by atoms with E-state index in [9.17, 15) is 9.30 Å². The first-order valence-corrected chi connectivity index (χ1v) is 6.31. The maximum absolute atomic E-state index is 13.8. The van der Waals surface area contributed by atoms with Gasteiger partial charge in [-0.3, -0.25) is 4.40 Å². The Labute approximate surface area is 120 Å². The number of nitroso groups, excluding NO2 is 1. The maximum atomic E-state index is 13.8. The zero-order valence-corrected chi connectivity index (χ0v) is 11.5. The quantitative estimate of drug-likeness (QED) is 0.687. The predicted octanol–water partition coefficient (Wildman–Crippen LogP) is 3.86. The molecule has 2 aromatic heterocycles. The number of benzene rings is 1. The summed E-state index contributed by atoms with van der Waals surface area (Å²) < 4.78 is 20.4. The minimum absolute atomic E-state index is 0.138. The molecule has 21 heavy (non-hydrogen) atoms. The number of imidazole rings is 1. The Hall–Kier alpha value is -2.76. The molecule has 0 spiro atoms. The molecule has 0 aliphatic carbocycles. The van der Waals surface area contributed by atoms with Gasteiger partial charge < -0.3 is 4.74 Å². The summed E-state index contributed by atoms with van der Waals surface area (Å²) >= 11 is 0. The molecule has 1 aromatic carbocycles. The molecule has 3 rings (SSSR count).